The Morgan fingerprint density at radius 2 is 2.11 bits per heavy atom. The fourth-order valence-corrected chi connectivity index (χ4v) is 1.95. The lowest BCUT2D eigenvalue weighted by atomic mass is 10.4. The molecule has 0 amide bonds. The number of rotatable bonds is 0. The van der Waals surface area contributed by atoms with Crippen LogP contribution in [0.25, 0.3) is 0 Å². The molecule has 0 atom stereocenters. The largest absolute Gasteiger partial charge is 0.0726 e. The van der Waals surface area contributed by atoms with Crippen LogP contribution in [-0.2, 0) is 0 Å². The fourth-order valence-electron chi connectivity index (χ4n) is 0.489. The number of halogens is 2. The lowest BCUT2D eigenvalue weighted by molar-refractivity contribution is 1.65. The van der Waals surface area contributed by atoms with Crippen LogP contribution in [0.1, 0.15) is 0 Å². The molecule has 0 saturated heterocycles. The Kier molecular flexibility index (Phi) is 2.72. The van der Waals surface area contributed by atoms with Gasteiger partial charge in [-0.15, -0.1) is 0 Å². The molecule has 0 bridgehead atoms. The maximum absolute atomic E-state index is 3.45. The van der Waals surface area contributed by atoms with E-state index >= 15 is 0 Å². The summed E-state index contributed by atoms with van der Waals surface area (Å²) in [5, 5.41) is 1.14. The van der Waals surface area contributed by atoms with E-state index in [4.69, 9.17) is 0 Å². The molecule has 0 heterocycles. The number of hydrogen-bond donors (Lipinski definition) is 0. The summed E-state index contributed by atoms with van der Waals surface area (Å²) in [6.45, 7) is 0. The molecular formula is C6H3BrISi. The van der Waals surface area contributed by atoms with Crippen LogP contribution in [0, 0.1) is 3.57 Å². The van der Waals surface area contributed by atoms with Gasteiger partial charge in [0.15, 0.2) is 0 Å². The van der Waals surface area contributed by atoms with E-state index in [1.54, 1.807) is 0 Å². The van der Waals surface area contributed by atoms with E-state index < -0.39 is 0 Å². The highest BCUT2D eigenvalue weighted by atomic mass is 127. The SMILES string of the molecule is [Si]c1ccc(Br)cc1I. The first-order valence-electron chi connectivity index (χ1n) is 2.37. The van der Waals surface area contributed by atoms with Crippen molar-refractivity contribution in [2.45, 2.75) is 0 Å². The van der Waals surface area contributed by atoms with Crippen LogP contribution in [0.15, 0.2) is 22.7 Å². The zero-order chi connectivity index (χ0) is 6.85. The Labute approximate surface area is 79.7 Å². The van der Waals surface area contributed by atoms with Crippen molar-refractivity contribution in [3.05, 3.63) is 26.2 Å². The summed E-state index contributed by atoms with van der Waals surface area (Å²) >= 11 is 5.64. The minimum absolute atomic E-state index is 1.12. The molecule has 0 aliphatic rings. The van der Waals surface area contributed by atoms with Gasteiger partial charge in [0.2, 0.25) is 0 Å². The minimum Gasteiger partial charge on any atom is -0.0617 e. The topological polar surface area (TPSA) is 0 Å². The van der Waals surface area contributed by atoms with E-state index in [1.165, 1.54) is 3.57 Å². The monoisotopic (exact) mass is 309 g/mol. The lowest BCUT2D eigenvalue weighted by Gasteiger charge is -1.95. The van der Waals surface area contributed by atoms with Gasteiger partial charge in [-0.05, 0) is 34.7 Å². The summed E-state index contributed by atoms with van der Waals surface area (Å²) in [6.07, 6.45) is 0. The van der Waals surface area contributed by atoms with Crippen molar-refractivity contribution in [2.75, 3.05) is 0 Å². The highest BCUT2D eigenvalue weighted by Crippen LogP contribution is 2.10. The molecule has 0 aliphatic heterocycles. The van der Waals surface area contributed by atoms with Gasteiger partial charge in [0.05, 0.1) is 10.2 Å². The Morgan fingerprint density at radius 3 is 2.56 bits per heavy atom. The van der Waals surface area contributed by atoms with Crippen molar-refractivity contribution in [1.82, 2.24) is 0 Å². The maximum atomic E-state index is 3.45. The molecule has 1 aromatic rings. The second kappa shape index (κ2) is 3.16. The van der Waals surface area contributed by atoms with Crippen molar-refractivity contribution in [3.63, 3.8) is 0 Å². The van der Waals surface area contributed by atoms with Crippen molar-refractivity contribution in [3.8, 4) is 0 Å². The molecule has 0 saturated carbocycles. The molecular weight excluding hydrogens is 307 g/mol. The Hall–Kier alpha value is 0.647. The number of benzene rings is 1. The molecule has 0 nitrogen and oxygen atoms in total. The lowest BCUT2D eigenvalue weighted by Crippen LogP contribution is -2.05. The third-order valence-electron chi connectivity index (χ3n) is 0.931. The predicted molar refractivity (Wildman–Crippen MR) is 52.2 cm³/mol. The Balaban J connectivity index is 3.17. The van der Waals surface area contributed by atoms with Gasteiger partial charge < -0.3 is 0 Å². The van der Waals surface area contributed by atoms with E-state index in [0.29, 0.717) is 0 Å². The highest BCUT2D eigenvalue weighted by molar-refractivity contribution is 14.1. The van der Waals surface area contributed by atoms with Crippen molar-refractivity contribution in [2.24, 2.45) is 0 Å². The van der Waals surface area contributed by atoms with Crippen LogP contribution in [0.2, 0.25) is 0 Å². The van der Waals surface area contributed by atoms with Gasteiger partial charge in [0.25, 0.3) is 0 Å². The quantitative estimate of drug-likeness (QED) is 0.507. The first-order chi connectivity index (χ1) is 4.20. The van der Waals surface area contributed by atoms with Crippen LogP contribution >= 0.6 is 38.5 Å². The second-order valence-electron chi connectivity index (χ2n) is 1.62. The molecule has 0 unspecified atom stereocenters. The fraction of sp³-hybridized carbons (Fsp3) is 0. The second-order valence-corrected chi connectivity index (χ2v) is 4.24. The smallest absolute Gasteiger partial charge is 0.0617 e. The van der Waals surface area contributed by atoms with Crippen molar-refractivity contribution in [1.29, 1.82) is 0 Å². The first kappa shape index (κ1) is 7.75. The van der Waals surface area contributed by atoms with Crippen molar-refractivity contribution < 1.29 is 0 Å². The normalized spacial score (nSPS) is 9.67. The zero-order valence-corrected chi connectivity index (χ0v) is 9.23. The third-order valence-corrected chi connectivity index (χ3v) is 3.26. The molecule has 0 aliphatic carbocycles. The van der Waals surface area contributed by atoms with Gasteiger partial charge in [-0.2, -0.15) is 0 Å². The van der Waals surface area contributed by atoms with Crippen LogP contribution < -0.4 is 5.19 Å². The summed E-state index contributed by atoms with van der Waals surface area (Å²) in [7, 11) is 3.45. The predicted octanol–water partition coefficient (Wildman–Crippen LogP) is 1.85. The van der Waals surface area contributed by atoms with Gasteiger partial charge >= 0.3 is 0 Å². The number of hydrogen-bond acceptors (Lipinski definition) is 0. The van der Waals surface area contributed by atoms with E-state index in [0.717, 1.165) is 9.66 Å². The van der Waals surface area contributed by atoms with Crippen LogP contribution in [-0.4, -0.2) is 10.2 Å². The molecule has 0 aromatic heterocycles. The molecule has 1 aromatic carbocycles. The molecule has 45 valence electrons. The average Bonchev–Trinajstić information content (AvgIpc) is 1.80. The maximum Gasteiger partial charge on any atom is 0.0726 e. The molecule has 1 rings (SSSR count). The summed E-state index contributed by atoms with van der Waals surface area (Å²) in [5.41, 5.74) is 0. The summed E-state index contributed by atoms with van der Waals surface area (Å²) in [6, 6.07) is 6.08. The van der Waals surface area contributed by atoms with Gasteiger partial charge in [0.1, 0.15) is 0 Å². The molecule has 0 fully saturated rings. The minimum atomic E-state index is 1.12. The Bertz CT molecular complexity index is 224. The van der Waals surface area contributed by atoms with Crippen LogP contribution in [0.4, 0.5) is 0 Å². The highest BCUT2D eigenvalue weighted by Gasteiger charge is 1.92. The molecule has 0 N–H and O–H groups in total. The first-order valence-corrected chi connectivity index (χ1v) is 4.74. The van der Waals surface area contributed by atoms with Crippen LogP contribution in [0.5, 0.6) is 0 Å². The van der Waals surface area contributed by atoms with E-state index in [9.17, 15) is 0 Å². The average molecular weight is 310 g/mol. The third kappa shape index (κ3) is 2.05. The van der Waals surface area contributed by atoms with E-state index in [-0.39, 0.29) is 0 Å². The molecule has 3 heteroatoms. The zero-order valence-electron chi connectivity index (χ0n) is 4.49. The molecule has 0 spiro atoms. The summed E-state index contributed by atoms with van der Waals surface area (Å²) in [5.74, 6) is 0. The standard InChI is InChI=1S/C6H3BrISi/c7-4-1-2-6(9)5(8)3-4/h1-3H. The molecule has 9 heavy (non-hydrogen) atoms. The van der Waals surface area contributed by atoms with Gasteiger partial charge in [-0.1, -0.05) is 27.2 Å². The molecule has 3 radical (unpaired) electrons. The van der Waals surface area contributed by atoms with Gasteiger partial charge in [0, 0.05) is 8.04 Å². The Morgan fingerprint density at radius 1 is 1.44 bits per heavy atom. The van der Waals surface area contributed by atoms with Gasteiger partial charge in [-0.3, -0.25) is 0 Å². The van der Waals surface area contributed by atoms with Gasteiger partial charge in [-0.25, -0.2) is 0 Å². The van der Waals surface area contributed by atoms with E-state index in [2.05, 4.69) is 54.8 Å². The summed E-state index contributed by atoms with van der Waals surface area (Å²) in [4.78, 5) is 0. The van der Waals surface area contributed by atoms with E-state index in [1.807, 2.05) is 12.1 Å². The van der Waals surface area contributed by atoms with Crippen LogP contribution in [0.3, 0.4) is 0 Å². The van der Waals surface area contributed by atoms with Crippen molar-refractivity contribution >= 4 is 54.0 Å². The summed E-state index contributed by atoms with van der Waals surface area (Å²) < 4.78 is 2.34.